The minimum atomic E-state index is -0.282. The zero-order chi connectivity index (χ0) is 15.4. The van der Waals surface area contributed by atoms with Crippen LogP contribution in [0.2, 0.25) is 0 Å². The quantitative estimate of drug-likeness (QED) is 0.659. The van der Waals surface area contributed by atoms with Crippen LogP contribution in [0.4, 0.5) is 0 Å². The number of hydrogen-bond donors (Lipinski definition) is 2. The molecule has 1 amide bonds. The molecule has 2 aromatic rings. The molecule has 5 heteroatoms. The summed E-state index contributed by atoms with van der Waals surface area (Å²) in [5.41, 5.74) is 5.43. The fraction of sp³-hybridized carbons (Fsp3) is 0.125. The van der Waals surface area contributed by atoms with Gasteiger partial charge in [0.15, 0.2) is 0 Å². The summed E-state index contributed by atoms with van der Waals surface area (Å²) in [7, 11) is 0. The number of phenols is 1. The molecule has 21 heavy (non-hydrogen) atoms. The molecule has 0 bridgehead atoms. The number of aryl methyl sites for hydroxylation is 2. The normalized spacial score (nSPS) is 10.8. The van der Waals surface area contributed by atoms with Crippen LogP contribution in [0, 0.1) is 13.8 Å². The number of phenolic OH excluding ortho intramolecular Hbond substituents is 1. The molecule has 0 atom stereocenters. The number of rotatable bonds is 3. The zero-order valence-electron chi connectivity index (χ0n) is 11.7. The van der Waals surface area contributed by atoms with Gasteiger partial charge in [0, 0.05) is 11.1 Å². The number of halogens is 1. The van der Waals surface area contributed by atoms with Crippen molar-refractivity contribution >= 4 is 28.1 Å². The highest BCUT2D eigenvalue weighted by Gasteiger charge is 2.07. The first-order chi connectivity index (χ1) is 9.99. The molecule has 0 saturated carbocycles. The van der Waals surface area contributed by atoms with Crippen molar-refractivity contribution in [2.45, 2.75) is 13.8 Å². The fourth-order valence-corrected chi connectivity index (χ4v) is 2.50. The Balaban J connectivity index is 2.13. The molecule has 0 fully saturated rings. The highest BCUT2D eigenvalue weighted by atomic mass is 79.9. The van der Waals surface area contributed by atoms with Crippen LogP contribution in [0.15, 0.2) is 46.0 Å². The van der Waals surface area contributed by atoms with Gasteiger partial charge < -0.3 is 5.11 Å². The standard InChI is InChI=1S/C16H15BrN2O2/c1-10-7-12(15(20)14(17)8-10)9-18-19-16(21)13-6-4-3-5-11(13)2/h3-9,20H,1-2H3,(H,19,21)/b18-9+. The molecule has 108 valence electrons. The van der Waals surface area contributed by atoms with Crippen LogP contribution in [-0.2, 0) is 0 Å². The third-order valence-electron chi connectivity index (χ3n) is 3.00. The van der Waals surface area contributed by atoms with Crippen molar-refractivity contribution in [1.29, 1.82) is 0 Å². The van der Waals surface area contributed by atoms with Crippen LogP contribution in [0.3, 0.4) is 0 Å². The predicted octanol–water partition coefficient (Wildman–Crippen LogP) is 3.54. The van der Waals surface area contributed by atoms with Crippen molar-refractivity contribution in [3.05, 3.63) is 63.1 Å². The number of carbonyl (C=O) groups is 1. The third-order valence-corrected chi connectivity index (χ3v) is 3.60. The lowest BCUT2D eigenvalue weighted by Crippen LogP contribution is -2.18. The summed E-state index contributed by atoms with van der Waals surface area (Å²) in [5.74, 6) is -0.190. The molecular formula is C16H15BrN2O2. The van der Waals surface area contributed by atoms with Crippen LogP contribution in [0.25, 0.3) is 0 Å². The van der Waals surface area contributed by atoms with E-state index in [9.17, 15) is 9.90 Å². The Bertz CT molecular complexity index is 711. The Morgan fingerprint density at radius 3 is 2.71 bits per heavy atom. The first-order valence-electron chi connectivity index (χ1n) is 6.37. The summed E-state index contributed by atoms with van der Waals surface area (Å²) in [5, 5.41) is 13.8. The zero-order valence-corrected chi connectivity index (χ0v) is 13.3. The Morgan fingerprint density at radius 2 is 2.00 bits per heavy atom. The predicted molar refractivity (Wildman–Crippen MR) is 86.8 cm³/mol. The lowest BCUT2D eigenvalue weighted by Gasteiger charge is -2.05. The van der Waals surface area contributed by atoms with E-state index in [1.165, 1.54) is 6.21 Å². The first-order valence-corrected chi connectivity index (χ1v) is 7.16. The summed E-state index contributed by atoms with van der Waals surface area (Å²) in [6.07, 6.45) is 1.42. The second-order valence-electron chi connectivity index (χ2n) is 4.70. The topological polar surface area (TPSA) is 61.7 Å². The maximum absolute atomic E-state index is 12.0. The van der Waals surface area contributed by atoms with Gasteiger partial charge in [0.05, 0.1) is 10.7 Å². The highest BCUT2D eigenvalue weighted by molar-refractivity contribution is 9.10. The average molecular weight is 347 g/mol. The van der Waals surface area contributed by atoms with Crippen molar-refractivity contribution in [2.24, 2.45) is 5.10 Å². The van der Waals surface area contributed by atoms with Gasteiger partial charge in [-0.2, -0.15) is 5.10 Å². The van der Waals surface area contributed by atoms with E-state index in [1.807, 2.05) is 26.0 Å². The van der Waals surface area contributed by atoms with E-state index in [4.69, 9.17) is 0 Å². The van der Waals surface area contributed by atoms with E-state index in [2.05, 4.69) is 26.5 Å². The Labute approximate surface area is 131 Å². The molecular weight excluding hydrogens is 332 g/mol. The number of nitrogens with one attached hydrogen (secondary N) is 1. The van der Waals surface area contributed by atoms with Gasteiger partial charge in [0.2, 0.25) is 0 Å². The first kappa shape index (κ1) is 15.3. The smallest absolute Gasteiger partial charge is 0.271 e. The summed E-state index contributed by atoms with van der Waals surface area (Å²) in [6, 6.07) is 10.9. The second kappa shape index (κ2) is 6.54. The van der Waals surface area contributed by atoms with Crippen molar-refractivity contribution in [2.75, 3.05) is 0 Å². The van der Waals surface area contributed by atoms with Crippen LogP contribution < -0.4 is 5.43 Å². The van der Waals surface area contributed by atoms with Gasteiger partial charge in [-0.05, 0) is 59.1 Å². The van der Waals surface area contributed by atoms with E-state index < -0.39 is 0 Å². The maximum Gasteiger partial charge on any atom is 0.271 e. The van der Waals surface area contributed by atoms with E-state index in [0.29, 0.717) is 15.6 Å². The summed E-state index contributed by atoms with van der Waals surface area (Å²) in [6.45, 7) is 3.77. The second-order valence-corrected chi connectivity index (χ2v) is 5.55. The van der Waals surface area contributed by atoms with Gasteiger partial charge in [-0.25, -0.2) is 5.43 Å². The number of hydrogen-bond acceptors (Lipinski definition) is 3. The molecule has 2 N–H and O–H groups in total. The minimum Gasteiger partial charge on any atom is -0.506 e. The molecule has 0 aliphatic rings. The Morgan fingerprint density at radius 1 is 1.29 bits per heavy atom. The molecule has 0 aliphatic heterocycles. The fourth-order valence-electron chi connectivity index (χ4n) is 1.91. The van der Waals surface area contributed by atoms with E-state index >= 15 is 0 Å². The number of benzene rings is 2. The third kappa shape index (κ3) is 3.70. The molecule has 2 rings (SSSR count). The van der Waals surface area contributed by atoms with E-state index in [1.54, 1.807) is 24.3 Å². The Hall–Kier alpha value is -2.14. The maximum atomic E-state index is 12.0. The molecule has 4 nitrogen and oxygen atoms in total. The average Bonchev–Trinajstić information content (AvgIpc) is 2.44. The van der Waals surface area contributed by atoms with Crippen LogP contribution in [0.5, 0.6) is 5.75 Å². The molecule has 0 heterocycles. The molecule has 2 aromatic carbocycles. The molecule has 0 aliphatic carbocycles. The molecule has 0 spiro atoms. The van der Waals surface area contributed by atoms with Crippen LogP contribution in [-0.4, -0.2) is 17.2 Å². The minimum absolute atomic E-state index is 0.0921. The van der Waals surface area contributed by atoms with Crippen LogP contribution >= 0.6 is 15.9 Å². The SMILES string of the molecule is Cc1cc(Br)c(O)c(/C=N/NC(=O)c2ccccc2C)c1. The van der Waals surface area contributed by atoms with Gasteiger partial charge in [-0.15, -0.1) is 0 Å². The monoisotopic (exact) mass is 346 g/mol. The van der Waals surface area contributed by atoms with Gasteiger partial charge in [-0.1, -0.05) is 18.2 Å². The Kier molecular flexibility index (Phi) is 4.75. The van der Waals surface area contributed by atoms with Gasteiger partial charge in [0.1, 0.15) is 5.75 Å². The van der Waals surface area contributed by atoms with E-state index in [0.717, 1.165) is 11.1 Å². The van der Waals surface area contributed by atoms with Gasteiger partial charge >= 0.3 is 0 Å². The lowest BCUT2D eigenvalue weighted by molar-refractivity contribution is 0.0954. The number of amides is 1. The number of nitrogens with zero attached hydrogens (tertiary/aromatic N) is 1. The van der Waals surface area contributed by atoms with Gasteiger partial charge in [0.25, 0.3) is 5.91 Å². The lowest BCUT2D eigenvalue weighted by atomic mass is 10.1. The van der Waals surface area contributed by atoms with Crippen molar-refractivity contribution in [3.63, 3.8) is 0 Å². The summed E-state index contributed by atoms with van der Waals surface area (Å²) >= 11 is 3.26. The summed E-state index contributed by atoms with van der Waals surface area (Å²) in [4.78, 5) is 12.0. The highest BCUT2D eigenvalue weighted by Crippen LogP contribution is 2.28. The number of hydrazone groups is 1. The molecule has 0 unspecified atom stereocenters. The van der Waals surface area contributed by atoms with Crippen molar-refractivity contribution < 1.29 is 9.90 Å². The number of carbonyl (C=O) groups excluding carboxylic acids is 1. The largest absolute Gasteiger partial charge is 0.506 e. The van der Waals surface area contributed by atoms with Crippen molar-refractivity contribution in [3.8, 4) is 5.75 Å². The van der Waals surface area contributed by atoms with Crippen molar-refractivity contribution in [1.82, 2.24) is 5.43 Å². The molecule has 0 radical (unpaired) electrons. The molecule has 0 saturated heterocycles. The van der Waals surface area contributed by atoms with E-state index in [-0.39, 0.29) is 11.7 Å². The van der Waals surface area contributed by atoms with Gasteiger partial charge in [-0.3, -0.25) is 4.79 Å². The number of aromatic hydroxyl groups is 1. The molecule has 0 aromatic heterocycles. The van der Waals surface area contributed by atoms with Crippen LogP contribution in [0.1, 0.15) is 27.0 Å². The summed E-state index contributed by atoms with van der Waals surface area (Å²) < 4.78 is 0.592.